The first-order valence-electron chi connectivity index (χ1n) is 14.9. The molecule has 1 fully saturated rings. The molecular formula is C34H32ClF2N5O5S. The van der Waals surface area contributed by atoms with Gasteiger partial charge in [-0.25, -0.2) is 17.2 Å². The topological polar surface area (TPSA) is 137 Å². The van der Waals surface area contributed by atoms with E-state index in [1.807, 2.05) is 6.07 Å². The standard InChI is InChI=1S/C34H32ClF2N5O5S/c1-6-25(44)41-15-14-40(17-20(41)10-12-38)32-21-16-22(35)26(27-23(36)8-7-9-24(27)43)28(37)31(21)42(34(45)33(32)48(5,46)47)30-19(4)11-13-39-29(30)18(2)3/h6-9,11,13,16,18,20,43H,1,10,14-15,17H2,2-5H3/t20-/m0/s1. The Morgan fingerprint density at radius 2 is 1.94 bits per heavy atom. The maximum absolute atomic E-state index is 17.3. The summed E-state index contributed by atoms with van der Waals surface area (Å²) in [6.07, 6.45) is 3.35. The lowest BCUT2D eigenvalue weighted by molar-refractivity contribution is -0.128. The number of pyridine rings is 2. The molecule has 10 nitrogen and oxygen atoms in total. The number of benzene rings is 2. The maximum Gasteiger partial charge on any atom is 0.276 e. The molecule has 14 heteroatoms. The summed E-state index contributed by atoms with van der Waals surface area (Å²) in [4.78, 5) is 34.1. The predicted molar refractivity (Wildman–Crippen MR) is 179 cm³/mol. The highest BCUT2D eigenvalue weighted by molar-refractivity contribution is 7.90. The summed E-state index contributed by atoms with van der Waals surface area (Å²) < 4.78 is 60.8. The molecule has 0 radical (unpaired) electrons. The Balaban J connectivity index is 2.01. The molecule has 4 aromatic rings. The number of hydrogen-bond donors (Lipinski definition) is 1. The van der Waals surface area contributed by atoms with Crippen molar-refractivity contribution in [3.63, 3.8) is 0 Å². The highest BCUT2D eigenvalue weighted by atomic mass is 35.5. The van der Waals surface area contributed by atoms with Crippen molar-refractivity contribution < 1.29 is 27.1 Å². The zero-order valence-corrected chi connectivity index (χ0v) is 28.2. The Morgan fingerprint density at radius 3 is 2.54 bits per heavy atom. The number of aromatic nitrogens is 2. The van der Waals surface area contributed by atoms with Crippen LogP contribution < -0.4 is 10.5 Å². The minimum absolute atomic E-state index is 0.000831. The van der Waals surface area contributed by atoms with E-state index in [1.165, 1.54) is 28.1 Å². The van der Waals surface area contributed by atoms with E-state index in [0.29, 0.717) is 11.3 Å². The van der Waals surface area contributed by atoms with Gasteiger partial charge in [-0.2, -0.15) is 5.26 Å². The molecule has 3 heterocycles. The molecule has 0 unspecified atom stereocenters. The molecule has 250 valence electrons. The van der Waals surface area contributed by atoms with Crippen molar-refractivity contribution in [1.29, 1.82) is 5.26 Å². The molecule has 1 atom stereocenters. The van der Waals surface area contributed by atoms with Gasteiger partial charge >= 0.3 is 0 Å². The number of carbonyl (C=O) groups excluding carboxylic acids is 1. The van der Waals surface area contributed by atoms with Crippen LogP contribution in [-0.2, 0) is 14.6 Å². The first kappa shape index (κ1) is 34.5. The van der Waals surface area contributed by atoms with E-state index in [-0.39, 0.29) is 53.8 Å². The number of fused-ring (bicyclic) bond motifs is 1. The number of rotatable bonds is 7. The molecule has 1 saturated heterocycles. The second-order valence-corrected chi connectivity index (χ2v) is 14.2. The summed E-state index contributed by atoms with van der Waals surface area (Å²) in [6, 6.07) is 7.53. The number of aromatic hydroxyl groups is 1. The highest BCUT2D eigenvalue weighted by Gasteiger charge is 2.37. The van der Waals surface area contributed by atoms with Crippen molar-refractivity contribution in [3.8, 4) is 28.6 Å². The average Bonchev–Trinajstić information content (AvgIpc) is 3.01. The van der Waals surface area contributed by atoms with Crippen LogP contribution in [0.3, 0.4) is 0 Å². The zero-order chi connectivity index (χ0) is 35.2. The first-order valence-corrected chi connectivity index (χ1v) is 17.2. The lowest BCUT2D eigenvalue weighted by Crippen LogP contribution is -2.55. The molecule has 0 spiro atoms. The summed E-state index contributed by atoms with van der Waals surface area (Å²) in [6.45, 7) is 8.73. The first-order chi connectivity index (χ1) is 22.6. The van der Waals surface area contributed by atoms with E-state index in [9.17, 15) is 28.4 Å². The Morgan fingerprint density at radius 1 is 1.23 bits per heavy atom. The second-order valence-electron chi connectivity index (χ2n) is 11.9. The van der Waals surface area contributed by atoms with Crippen LogP contribution in [0.4, 0.5) is 14.5 Å². The molecule has 48 heavy (non-hydrogen) atoms. The minimum atomic E-state index is -4.37. The Hall–Kier alpha value is -4.80. The maximum atomic E-state index is 17.3. The van der Waals surface area contributed by atoms with Gasteiger partial charge in [0.15, 0.2) is 20.5 Å². The lowest BCUT2D eigenvalue weighted by atomic mass is 9.98. The Labute approximate surface area is 281 Å². The molecule has 0 bridgehead atoms. The van der Waals surface area contributed by atoms with Gasteiger partial charge in [0.05, 0.1) is 51.7 Å². The number of carbonyl (C=O) groups is 1. The molecule has 2 aromatic heterocycles. The number of hydrogen-bond acceptors (Lipinski definition) is 8. The van der Waals surface area contributed by atoms with E-state index in [1.54, 1.807) is 26.8 Å². The van der Waals surface area contributed by atoms with Crippen molar-refractivity contribution in [2.24, 2.45) is 0 Å². The summed E-state index contributed by atoms with van der Waals surface area (Å²) >= 11 is 6.69. The fourth-order valence-electron chi connectivity index (χ4n) is 6.32. The fraction of sp³-hybridized carbons (Fsp3) is 0.294. The van der Waals surface area contributed by atoms with E-state index < -0.39 is 66.3 Å². The van der Waals surface area contributed by atoms with E-state index in [2.05, 4.69) is 11.6 Å². The van der Waals surface area contributed by atoms with Crippen LogP contribution in [0.15, 0.2) is 58.9 Å². The smallest absolute Gasteiger partial charge is 0.276 e. The van der Waals surface area contributed by atoms with Crippen LogP contribution in [0.25, 0.3) is 27.7 Å². The molecule has 0 saturated carbocycles. The lowest BCUT2D eigenvalue weighted by Gasteiger charge is -2.42. The number of piperazine rings is 1. The highest BCUT2D eigenvalue weighted by Crippen LogP contribution is 2.45. The number of sulfone groups is 1. The van der Waals surface area contributed by atoms with Gasteiger partial charge < -0.3 is 14.9 Å². The largest absolute Gasteiger partial charge is 0.507 e. The van der Waals surface area contributed by atoms with E-state index in [4.69, 9.17) is 11.6 Å². The van der Waals surface area contributed by atoms with Crippen LogP contribution in [0.2, 0.25) is 5.02 Å². The van der Waals surface area contributed by atoms with Crippen LogP contribution in [0.5, 0.6) is 5.75 Å². The Bertz CT molecular complexity index is 2190. The van der Waals surface area contributed by atoms with Crippen LogP contribution in [0.1, 0.15) is 37.4 Å². The van der Waals surface area contributed by atoms with Crippen molar-refractivity contribution in [3.05, 3.63) is 87.5 Å². The van der Waals surface area contributed by atoms with Crippen LogP contribution >= 0.6 is 11.6 Å². The van der Waals surface area contributed by atoms with Gasteiger partial charge in [-0.1, -0.05) is 38.1 Å². The van der Waals surface area contributed by atoms with Gasteiger partial charge in [-0.05, 0) is 48.7 Å². The number of nitriles is 1. The van der Waals surface area contributed by atoms with Gasteiger partial charge in [0.2, 0.25) is 5.91 Å². The molecule has 1 aliphatic heterocycles. The van der Waals surface area contributed by atoms with Crippen molar-refractivity contribution >= 4 is 43.9 Å². The normalized spacial score (nSPS) is 15.2. The third kappa shape index (κ3) is 5.79. The third-order valence-corrected chi connectivity index (χ3v) is 9.81. The number of phenolic OH excluding ortho intramolecular Hbond substituents is 1. The summed E-state index contributed by atoms with van der Waals surface area (Å²) in [5.41, 5.74) is -1.82. The van der Waals surface area contributed by atoms with E-state index >= 15 is 8.78 Å². The summed E-state index contributed by atoms with van der Waals surface area (Å²) in [5, 5.41) is 19.7. The molecular weight excluding hydrogens is 664 g/mol. The molecule has 1 amide bonds. The van der Waals surface area contributed by atoms with Gasteiger partial charge in [-0.3, -0.25) is 19.1 Å². The second kappa shape index (κ2) is 13.0. The number of halogens is 3. The third-order valence-electron chi connectivity index (χ3n) is 8.40. The predicted octanol–water partition coefficient (Wildman–Crippen LogP) is 5.64. The number of amides is 1. The van der Waals surface area contributed by atoms with Gasteiger partial charge in [-0.15, -0.1) is 0 Å². The molecule has 5 rings (SSSR count). The van der Waals surface area contributed by atoms with Gasteiger partial charge in [0.25, 0.3) is 5.56 Å². The van der Waals surface area contributed by atoms with Gasteiger partial charge in [0, 0.05) is 43.0 Å². The van der Waals surface area contributed by atoms with Crippen LogP contribution in [-0.4, -0.2) is 65.8 Å². The molecule has 1 aliphatic rings. The molecule has 1 N–H and O–H groups in total. The SMILES string of the molecule is C=CC(=O)N1CCN(c2c(S(C)(=O)=O)c(=O)n(-c3c(C)ccnc3C(C)C)c3c(F)c(-c4c(O)cccc4F)c(Cl)cc23)C[C@@H]1CC#N. The quantitative estimate of drug-likeness (QED) is 0.245. The van der Waals surface area contributed by atoms with Gasteiger partial charge in [0.1, 0.15) is 11.6 Å². The zero-order valence-electron chi connectivity index (χ0n) is 26.6. The van der Waals surface area contributed by atoms with Crippen LogP contribution in [0, 0.1) is 29.9 Å². The number of aryl methyl sites for hydroxylation is 1. The Kier molecular flexibility index (Phi) is 9.36. The minimum Gasteiger partial charge on any atom is -0.507 e. The summed E-state index contributed by atoms with van der Waals surface area (Å²) in [5.74, 6) is -3.53. The van der Waals surface area contributed by atoms with Crippen molar-refractivity contribution in [2.75, 3.05) is 30.8 Å². The molecule has 2 aromatic carbocycles. The fourth-order valence-corrected chi connectivity index (χ4v) is 7.60. The monoisotopic (exact) mass is 695 g/mol. The van der Waals surface area contributed by atoms with Crippen molar-refractivity contribution in [2.45, 2.75) is 44.0 Å². The van der Waals surface area contributed by atoms with Crippen molar-refractivity contribution in [1.82, 2.24) is 14.5 Å². The number of nitrogens with zero attached hydrogens (tertiary/aromatic N) is 5. The van der Waals surface area contributed by atoms with E-state index in [0.717, 1.165) is 29.0 Å². The summed E-state index contributed by atoms with van der Waals surface area (Å²) in [7, 11) is -4.37. The average molecular weight is 696 g/mol. The molecule has 0 aliphatic carbocycles. The number of phenols is 1. The number of anilines is 1.